The van der Waals surface area contributed by atoms with Crippen LogP contribution in [0, 0.1) is 0 Å². The summed E-state index contributed by atoms with van der Waals surface area (Å²) in [5, 5.41) is 4.48. The molecule has 0 spiro atoms. The number of para-hydroxylation sites is 1. The Balaban J connectivity index is 1.45. The number of hydrogen-bond acceptors (Lipinski definition) is 4. The van der Waals surface area contributed by atoms with Crippen LogP contribution in [0.25, 0.3) is 0 Å². The van der Waals surface area contributed by atoms with E-state index in [2.05, 4.69) is 10.6 Å². The van der Waals surface area contributed by atoms with Gasteiger partial charge in [0.1, 0.15) is 11.0 Å². The standard InChI is InChI=1S/C29H22ClF3N2O3S/c30-24-16-11-20(29(31,32)33)17-25(24)35-28(37)27(19-7-3-1-4-8-19)39-23-14-12-21(13-15-23)34-26(36)18-38-22-9-5-2-6-10-22/h1-17,27H,18H2,(H,34,36)(H,35,37). The van der Waals surface area contributed by atoms with Crippen molar-refractivity contribution in [2.45, 2.75) is 16.3 Å². The molecule has 4 aromatic carbocycles. The number of rotatable bonds is 9. The van der Waals surface area contributed by atoms with Crippen molar-refractivity contribution in [1.82, 2.24) is 0 Å². The fraction of sp³-hybridized carbons (Fsp3) is 0.103. The number of anilines is 2. The average molecular weight is 571 g/mol. The molecule has 0 saturated heterocycles. The highest BCUT2D eigenvalue weighted by Gasteiger charge is 2.31. The average Bonchev–Trinajstić information content (AvgIpc) is 2.93. The molecule has 0 aromatic heterocycles. The van der Waals surface area contributed by atoms with Crippen LogP contribution in [0.15, 0.2) is 108 Å². The molecule has 0 aliphatic rings. The largest absolute Gasteiger partial charge is 0.484 e. The number of carbonyl (C=O) groups excluding carboxylic acids is 2. The lowest BCUT2D eigenvalue weighted by Gasteiger charge is -2.18. The zero-order chi connectivity index (χ0) is 27.8. The number of nitrogens with one attached hydrogen (secondary N) is 2. The lowest BCUT2D eigenvalue weighted by molar-refractivity contribution is -0.137. The number of ether oxygens (including phenoxy) is 1. The van der Waals surface area contributed by atoms with Crippen molar-refractivity contribution in [1.29, 1.82) is 0 Å². The monoisotopic (exact) mass is 570 g/mol. The van der Waals surface area contributed by atoms with E-state index in [4.69, 9.17) is 16.3 Å². The molecule has 0 radical (unpaired) electrons. The third kappa shape index (κ3) is 8.02. The number of carbonyl (C=O) groups is 2. The minimum atomic E-state index is -4.58. The van der Waals surface area contributed by atoms with Crippen LogP contribution in [0.2, 0.25) is 5.02 Å². The molecular weight excluding hydrogens is 549 g/mol. The molecule has 4 aromatic rings. The van der Waals surface area contributed by atoms with Crippen LogP contribution in [-0.4, -0.2) is 18.4 Å². The fourth-order valence-electron chi connectivity index (χ4n) is 3.51. The van der Waals surface area contributed by atoms with Gasteiger partial charge in [0.25, 0.3) is 5.91 Å². The lowest BCUT2D eigenvalue weighted by atomic mass is 10.1. The van der Waals surface area contributed by atoms with Crippen LogP contribution >= 0.6 is 23.4 Å². The molecule has 0 aliphatic heterocycles. The number of thioether (sulfide) groups is 1. The molecule has 0 bridgehead atoms. The molecule has 5 nitrogen and oxygen atoms in total. The van der Waals surface area contributed by atoms with E-state index >= 15 is 0 Å². The molecule has 4 rings (SSSR count). The molecule has 2 N–H and O–H groups in total. The van der Waals surface area contributed by atoms with Gasteiger partial charge >= 0.3 is 6.18 Å². The Kier molecular flexibility index (Phi) is 9.16. The van der Waals surface area contributed by atoms with Crippen molar-refractivity contribution in [3.05, 3.63) is 119 Å². The normalized spacial score (nSPS) is 11.9. The molecule has 200 valence electrons. The van der Waals surface area contributed by atoms with Crippen LogP contribution in [0.4, 0.5) is 24.5 Å². The van der Waals surface area contributed by atoms with Gasteiger partial charge in [-0.15, -0.1) is 11.8 Å². The van der Waals surface area contributed by atoms with Gasteiger partial charge in [0.15, 0.2) is 6.61 Å². The van der Waals surface area contributed by atoms with E-state index < -0.39 is 22.9 Å². The highest BCUT2D eigenvalue weighted by molar-refractivity contribution is 8.00. The molecule has 39 heavy (non-hydrogen) atoms. The molecule has 10 heteroatoms. The van der Waals surface area contributed by atoms with Gasteiger partial charge in [-0.1, -0.05) is 60.1 Å². The highest BCUT2D eigenvalue weighted by Crippen LogP contribution is 2.38. The number of halogens is 4. The molecule has 1 unspecified atom stereocenters. The van der Waals surface area contributed by atoms with Gasteiger partial charge in [-0.3, -0.25) is 9.59 Å². The quantitative estimate of drug-likeness (QED) is 0.201. The molecule has 1 atom stereocenters. The second kappa shape index (κ2) is 12.7. The van der Waals surface area contributed by atoms with E-state index in [1.807, 2.05) is 6.07 Å². The predicted octanol–water partition coefficient (Wildman–Crippen LogP) is 7.85. The summed E-state index contributed by atoms with van der Waals surface area (Å²) in [4.78, 5) is 26.2. The maximum Gasteiger partial charge on any atom is 0.416 e. The van der Waals surface area contributed by atoms with Crippen LogP contribution < -0.4 is 15.4 Å². The molecule has 0 aliphatic carbocycles. The Morgan fingerprint density at radius 3 is 2.13 bits per heavy atom. The number of amides is 2. The second-order valence-electron chi connectivity index (χ2n) is 8.26. The third-order valence-electron chi connectivity index (χ3n) is 5.40. The Morgan fingerprint density at radius 1 is 0.846 bits per heavy atom. The highest BCUT2D eigenvalue weighted by atomic mass is 35.5. The Hall–Kier alpha value is -3.95. The Morgan fingerprint density at radius 2 is 1.49 bits per heavy atom. The summed E-state index contributed by atoms with van der Waals surface area (Å²) in [5.74, 6) is -0.294. The Labute approximate surface area is 232 Å². The molecule has 0 saturated carbocycles. The topological polar surface area (TPSA) is 67.4 Å². The summed E-state index contributed by atoms with van der Waals surface area (Å²) in [6, 6.07) is 27.4. The van der Waals surface area contributed by atoms with Gasteiger partial charge in [0.05, 0.1) is 16.3 Å². The number of hydrogen-bond donors (Lipinski definition) is 2. The first kappa shape index (κ1) is 28.1. The van der Waals surface area contributed by atoms with Gasteiger partial charge in [0.2, 0.25) is 5.91 Å². The van der Waals surface area contributed by atoms with Crippen molar-refractivity contribution in [3.63, 3.8) is 0 Å². The zero-order valence-corrected chi connectivity index (χ0v) is 21.8. The first-order chi connectivity index (χ1) is 18.7. The van der Waals surface area contributed by atoms with Crippen molar-refractivity contribution < 1.29 is 27.5 Å². The van der Waals surface area contributed by atoms with Crippen molar-refractivity contribution in [3.8, 4) is 5.75 Å². The van der Waals surface area contributed by atoms with Gasteiger partial charge in [-0.2, -0.15) is 13.2 Å². The Bertz CT molecular complexity index is 1420. The maximum absolute atomic E-state index is 13.3. The first-order valence-electron chi connectivity index (χ1n) is 11.7. The fourth-order valence-corrected chi connectivity index (χ4v) is 4.70. The minimum absolute atomic E-state index is 0.00972. The number of alkyl halides is 3. The summed E-state index contributed by atoms with van der Waals surface area (Å²) in [6.45, 7) is -0.158. The lowest BCUT2D eigenvalue weighted by Crippen LogP contribution is -2.20. The minimum Gasteiger partial charge on any atom is -0.484 e. The summed E-state index contributed by atoms with van der Waals surface area (Å²) in [7, 11) is 0. The van der Waals surface area contributed by atoms with Crippen molar-refractivity contribution in [2.24, 2.45) is 0 Å². The second-order valence-corrected chi connectivity index (χ2v) is 9.85. The van der Waals surface area contributed by atoms with E-state index in [-0.39, 0.29) is 23.2 Å². The molecule has 0 heterocycles. The first-order valence-corrected chi connectivity index (χ1v) is 12.9. The number of benzene rings is 4. The van der Waals surface area contributed by atoms with E-state index in [1.54, 1.807) is 78.9 Å². The third-order valence-corrected chi connectivity index (χ3v) is 6.99. The summed E-state index contributed by atoms with van der Waals surface area (Å²) in [6.07, 6.45) is -4.58. The van der Waals surface area contributed by atoms with Crippen LogP contribution in [0.1, 0.15) is 16.4 Å². The van der Waals surface area contributed by atoms with Crippen molar-refractivity contribution in [2.75, 3.05) is 17.2 Å². The van der Waals surface area contributed by atoms with E-state index in [1.165, 1.54) is 11.8 Å². The van der Waals surface area contributed by atoms with Gasteiger partial charge in [0, 0.05) is 10.6 Å². The van der Waals surface area contributed by atoms with E-state index in [0.717, 1.165) is 18.2 Å². The van der Waals surface area contributed by atoms with Gasteiger partial charge in [-0.05, 0) is 60.2 Å². The SMILES string of the molecule is O=C(COc1ccccc1)Nc1ccc(SC(C(=O)Nc2cc(C(F)(F)F)ccc2Cl)c2ccccc2)cc1. The van der Waals surface area contributed by atoms with Crippen LogP contribution in [0.3, 0.4) is 0 Å². The van der Waals surface area contributed by atoms with E-state index in [9.17, 15) is 22.8 Å². The van der Waals surface area contributed by atoms with Crippen LogP contribution in [0.5, 0.6) is 5.75 Å². The molecule has 0 fully saturated rings. The maximum atomic E-state index is 13.3. The summed E-state index contributed by atoms with van der Waals surface area (Å²) >= 11 is 7.29. The van der Waals surface area contributed by atoms with Gasteiger partial charge < -0.3 is 15.4 Å². The zero-order valence-electron chi connectivity index (χ0n) is 20.2. The van der Waals surface area contributed by atoms with Crippen LogP contribution in [-0.2, 0) is 15.8 Å². The molecule has 2 amide bonds. The predicted molar refractivity (Wildman–Crippen MR) is 147 cm³/mol. The summed E-state index contributed by atoms with van der Waals surface area (Å²) < 4.78 is 45.0. The molecular formula is C29H22ClF3N2O3S. The van der Waals surface area contributed by atoms with Crippen molar-refractivity contribution >= 4 is 46.6 Å². The van der Waals surface area contributed by atoms with Gasteiger partial charge in [-0.25, -0.2) is 0 Å². The summed E-state index contributed by atoms with van der Waals surface area (Å²) in [5.41, 5.74) is 0.141. The van der Waals surface area contributed by atoms with E-state index in [0.29, 0.717) is 21.9 Å². The smallest absolute Gasteiger partial charge is 0.416 e.